The van der Waals surface area contributed by atoms with Crippen molar-refractivity contribution >= 4 is 34.4 Å². The van der Waals surface area contributed by atoms with Crippen LogP contribution in [0.5, 0.6) is 0 Å². The monoisotopic (exact) mass is 577 g/mol. The van der Waals surface area contributed by atoms with E-state index < -0.39 is 29.7 Å². The van der Waals surface area contributed by atoms with Gasteiger partial charge in [0.2, 0.25) is 5.91 Å². The molecule has 2 N–H and O–H groups in total. The van der Waals surface area contributed by atoms with Crippen molar-refractivity contribution in [1.82, 2.24) is 10.2 Å². The lowest BCUT2D eigenvalue weighted by atomic mass is 9.97. The molecule has 4 aromatic carbocycles. The molecule has 0 radical (unpaired) electrons. The van der Waals surface area contributed by atoms with E-state index in [2.05, 4.69) is 17.2 Å². The molecule has 0 saturated heterocycles. The van der Waals surface area contributed by atoms with Crippen molar-refractivity contribution in [3.8, 4) is 0 Å². The lowest BCUT2D eigenvalue weighted by molar-refractivity contribution is -0.140. The van der Waals surface area contributed by atoms with Crippen LogP contribution in [0.4, 0.5) is 10.5 Å². The number of rotatable bonds is 10. The van der Waals surface area contributed by atoms with Crippen LogP contribution >= 0.6 is 0 Å². The van der Waals surface area contributed by atoms with Gasteiger partial charge in [0, 0.05) is 18.7 Å². The summed E-state index contributed by atoms with van der Waals surface area (Å²) in [5, 5.41) is 7.84. The third-order valence-electron chi connectivity index (χ3n) is 6.94. The Morgan fingerprint density at radius 3 is 2.21 bits per heavy atom. The number of alkyl carbamates (subject to hydrolysis) is 1. The number of fused-ring (bicyclic) bond motifs is 1. The number of benzene rings is 4. The Bertz CT molecular complexity index is 1590. The maximum atomic E-state index is 14.4. The minimum Gasteiger partial charge on any atom is -0.444 e. The van der Waals surface area contributed by atoms with Gasteiger partial charge in [-0.2, -0.15) is 0 Å². The molecule has 0 aromatic heterocycles. The average Bonchev–Trinajstić information content (AvgIpc) is 2.96. The Labute approximate surface area is 253 Å². The van der Waals surface area contributed by atoms with Crippen molar-refractivity contribution in [1.29, 1.82) is 0 Å². The van der Waals surface area contributed by atoms with Crippen LogP contribution in [-0.2, 0) is 20.7 Å². The van der Waals surface area contributed by atoms with Gasteiger partial charge >= 0.3 is 6.09 Å². The molecule has 2 atom stereocenters. The maximum absolute atomic E-state index is 14.4. The molecule has 222 valence electrons. The average molecular weight is 578 g/mol. The van der Waals surface area contributed by atoms with Crippen LogP contribution in [0.2, 0.25) is 0 Å². The van der Waals surface area contributed by atoms with E-state index in [0.717, 1.165) is 21.9 Å². The van der Waals surface area contributed by atoms with E-state index >= 15 is 0 Å². The second-order valence-corrected chi connectivity index (χ2v) is 11.5. The molecule has 0 fully saturated rings. The lowest BCUT2D eigenvalue weighted by Gasteiger charge is -2.34. The summed E-state index contributed by atoms with van der Waals surface area (Å²) in [7, 11) is 0. The molecule has 3 amide bonds. The smallest absolute Gasteiger partial charge is 0.408 e. The predicted molar refractivity (Wildman–Crippen MR) is 172 cm³/mol. The maximum Gasteiger partial charge on any atom is 0.408 e. The number of hydrogen-bond donors (Lipinski definition) is 2. The molecule has 0 bridgehead atoms. The molecule has 4 rings (SSSR count). The summed E-state index contributed by atoms with van der Waals surface area (Å²) < 4.78 is 5.50. The molecule has 2 unspecified atom stereocenters. The summed E-state index contributed by atoms with van der Waals surface area (Å²) in [6, 6.07) is 28.5. The van der Waals surface area contributed by atoms with Gasteiger partial charge in [-0.1, -0.05) is 91.0 Å². The molecule has 0 heterocycles. The van der Waals surface area contributed by atoms with Gasteiger partial charge in [0.05, 0.1) is 0 Å². The zero-order chi connectivity index (χ0) is 31.0. The fraction of sp³-hybridized carbons (Fsp3) is 0.250. The molecular weight excluding hydrogens is 538 g/mol. The molecule has 0 saturated carbocycles. The quantitative estimate of drug-likeness (QED) is 0.199. The van der Waals surface area contributed by atoms with E-state index in [4.69, 9.17) is 4.74 Å². The van der Waals surface area contributed by atoms with Gasteiger partial charge in [-0.3, -0.25) is 9.59 Å². The third kappa shape index (κ3) is 8.32. The van der Waals surface area contributed by atoms with Crippen LogP contribution < -0.4 is 10.6 Å². The van der Waals surface area contributed by atoms with Crippen LogP contribution in [0.15, 0.2) is 110 Å². The van der Waals surface area contributed by atoms with E-state index in [0.29, 0.717) is 11.3 Å². The molecule has 43 heavy (non-hydrogen) atoms. The normalized spacial score (nSPS) is 12.6. The van der Waals surface area contributed by atoms with Crippen molar-refractivity contribution in [3.63, 3.8) is 0 Å². The molecule has 0 spiro atoms. The molecule has 7 nitrogen and oxygen atoms in total. The lowest BCUT2D eigenvalue weighted by Crippen LogP contribution is -2.53. The molecular formula is C36H39N3O4. The Balaban J connectivity index is 1.73. The number of carbonyl (C=O) groups is 3. The van der Waals surface area contributed by atoms with Gasteiger partial charge in [-0.25, -0.2) is 4.79 Å². The van der Waals surface area contributed by atoms with Crippen LogP contribution in [0.1, 0.15) is 43.5 Å². The summed E-state index contributed by atoms with van der Waals surface area (Å²) >= 11 is 0. The molecule has 7 heteroatoms. The number of carbonyl (C=O) groups excluding carboxylic acids is 3. The Morgan fingerprint density at radius 2 is 1.53 bits per heavy atom. The molecule has 0 aliphatic carbocycles. The Hall–Kier alpha value is -4.91. The Morgan fingerprint density at radius 1 is 0.884 bits per heavy atom. The minimum atomic E-state index is -1.00. The second-order valence-electron chi connectivity index (χ2n) is 11.5. The highest BCUT2D eigenvalue weighted by Crippen LogP contribution is 2.28. The van der Waals surface area contributed by atoms with Crippen molar-refractivity contribution in [2.75, 3.05) is 11.9 Å². The van der Waals surface area contributed by atoms with E-state index in [1.165, 1.54) is 4.90 Å². The highest BCUT2D eigenvalue weighted by atomic mass is 16.6. The SMILES string of the molecule is C=CCN(C(=O)C(Cc1ccccc1)NC(=O)OC(C)(C)C)C(C(=O)Nc1ccc2ccccc2c1)c1ccccc1C. The van der Waals surface area contributed by atoms with Crippen molar-refractivity contribution in [2.24, 2.45) is 0 Å². The van der Waals surface area contributed by atoms with Crippen LogP contribution in [0, 0.1) is 6.92 Å². The first-order valence-corrected chi connectivity index (χ1v) is 14.4. The van der Waals surface area contributed by atoms with E-state index in [1.807, 2.05) is 104 Å². The van der Waals surface area contributed by atoms with Gasteiger partial charge in [0.15, 0.2) is 0 Å². The van der Waals surface area contributed by atoms with E-state index in [-0.39, 0.29) is 18.9 Å². The van der Waals surface area contributed by atoms with Gasteiger partial charge < -0.3 is 20.3 Å². The number of aryl methyl sites for hydroxylation is 1. The van der Waals surface area contributed by atoms with Crippen LogP contribution in [-0.4, -0.2) is 41.0 Å². The number of ether oxygens (including phenoxy) is 1. The first-order chi connectivity index (χ1) is 20.6. The van der Waals surface area contributed by atoms with Crippen LogP contribution in [0.25, 0.3) is 10.8 Å². The number of nitrogens with zero attached hydrogens (tertiary/aromatic N) is 1. The van der Waals surface area contributed by atoms with Gasteiger partial charge in [-0.05, 0) is 67.3 Å². The predicted octanol–water partition coefficient (Wildman–Crippen LogP) is 6.98. The topological polar surface area (TPSA) is 87.7 Å². The standard InChI is InChI=1S/C36H39N3O4/c1-6-22-39(34(41)31(23-26-15-8-7-9-16-26)38-35(42)43-36(3,4)5)32(30-19-13-10-14-25(30)2)33(40)37-29-21-20-27-17-11-12-18-28(27)24-29/h6-21,24,31-32H,1,22-23H2,2-5H3,(H,37,40)(H,38,42). The molecule has 4 aromatic rings. The van der Waals surface area contributed by atoms with Crippen molar-refractivity contribution in [2.45, 2.75) is 51.8 Å². The summed E-state index contributed by atoms with van der Waals surface area (Å²) in [6.07, 6.45) is 1.08. The van der Waals surface area contributed by atoms with Crippen LogP contribution in [0.3, 0.4) is 0 Å². The number of amides is 3. The number of anilines is 1. The highest BCUT2D eigenvalue weighted by Gasteiger charge is 2.36. The zero-order valence-corrected chi connectivity index (χ0v) is 25.2. The van der Waals surface area contributed by atoms with Crippen molar-refractivity contribution < 1.29 is 19.1 Å². The molecule has 0 aliphatic rings. The fourth-order valence-electron chi connectivity index (χ4n) is 4.98. The van der Waals surface area contributed by atoms with Gasteiger partial charge in [0.1, 0.15) is 17.7 Å². The van der Waals surface area contributed by atoms with E-state index in [1.54, 1.807) is 26.8 Å². The largest absolute Gasteiger partial charge is 0.444 e. The fourth-order valence-corrected chi connectivity index (χ4v) is 4.98. The number of hydrogen-bond acceptors (Lipinski definition) is 4. The zero-order valence-electron chi connectivity index (χ0n) is 25.2. The van der Waals surface area contributed by atoms with Gasteiger partial charge in [-0.15, -0.1) is 6.58 Å². The van der Waals surface area contributed by atoms with Crippen molar-refractivity contribution in [3.05, 3.63) is 126 Å². The van der Waals surface area contributed by atoms with Gasteiger partial charge in [0.25, 0.3) is 5.91 Å². The Kier molecular flexibility index (Phi) is 9.99. The summed E-state index contributed by atoms with van der Waals surface area (Å²) in [4.78, 5) is 43.0. The summed E-state index contributed by atoms with van der Waals surface area (Å²) in [6.45, 7) is 11.1. The first kappa shape index (κ1) is 31.0. The number of nitrogens with one attached hydrogen (secondary N) is 2. The second kappa shape index (κ2) is 13.8. The minimum absolute atomic E-state index is 0.0737. The first-order valence-electron chi connectivity index (χ1n) is 14.4. The summed E-state index contributed by atoms with van der Waals surface area (Å²) in [5.41, 5.74) is 2.23. The van der Waals surface area contributed by atoms with E-state index in [9.17, 15) is 14.4 Å². The molecule has 0 aliphatic heterocycles. The highest BCUT2D eigenvalue weighted by molar-refractivity contribution is 6.00. The summed E-state index contributed by atoms with van der Waals surface area (Å²) in [5.74, 6) is -0.813. The third-order valence-corrected chi connectivity index (χ3v) is 6.94.